The van der Waals surface area contributed by atoms with E-state index in [0.29, 0.717) is 16.9 Å². The maximum atomic E-state index is 12.5. The number of hydrogen-bond acceptors (Lipinski definition) is 4. The number of nitrogens with one attached hydrogen (secondary N) is 2. The smallest absolute Gasteiger partial charge is 0.294 e. The van der Waals surface area contributed by atoms with Gasteiger partial charge in [-0.05, 0) is 43.3 Å². The molecule has 2 N–H and O–H groups in total. The fourth-order valence-electron chi connectivity index (χ4n) is 3.05. The molecule has 25 heavy (non-hydrogen) atoms. The molecule has 6 nitrogen and oxygen atoms in total. The van der Waals surface area contributed by atoms with Gasteiger partial charge in [0.15, 0.2) is 0 Å². The number of aromatic amines is 2. The topological polar surface area (TPSA) is 87.6 Å². The third-order valence-corrected chi connectivity index (χ3v) is 4.80. The molecule has 5 rings (SSSR count). The molecule has 0 atom stereocenters. The molecule has 0 bridgehead atoms. The van der Waals surface area contributed by atoms with Crippen LogP contribution in [0, 0.1) is 6.92 Å². The number of halogens is 1. The molecule has 0 radical (unpaired) electrons. The average molecular weight is 395 g/mol. The van der Waals surface area contributed by atoms with E-state index in [9.17, 15) is 4.79 Å². The second-order valence-corrected chi connectivity index (χ2v) is 6.83. The molecular weight excluding hydrogens is 384 g/mol. The number of aromatic nitrogens is 4. The fraction of sp³-hybridized carbons (Fsp3) is 0.0556. The van der Waals surface area contributed by atoms with E-state index in [4.69, 9.17) is 4.42 Å². The van der Waals surface area contributed by atoms with E-state index in [1.165, 1.54) is 0 Å². The lowest BCUT2D eigenvalue weighted by Crippen LogP contribution is -2.08. The molecule has 0 fully saturated rings. The van der Waals surface area contributed by atoms with Crippen LogP contribution in [0.15, 0.2) is 50.1 Å². The number of fused-ring (bicyclic) bond motifs is 4. The first-order chi connectivity index (χ1) is 12.1. The summed E-state index contributed by atoms with van der Waals surface area (Å²) in [4.78, 5) is 20.0. The zero-order chi connectivity index (χ0) is 17.1. The second kappa shape index (κ2) is 5.03. The van der Waals surface area contributed by atoms with Gasteiger partial charge in [0.2, 0.25) is 5.58 Å². The van der Waals surface area contributed by atoms with E-state index in [0.717, 1.165) is 32.0 Å². The van der Waals surface area contributed by atoms with Crippen LogP contribution in [0.25, 0.3) is 44.4 Å². The lowest BCUT2D eigenvalue weighted by atomic mass is 10.1. The van der Waals surface area contributed by atoms with Crippen LogP contribution in [-0.2, 0) is 0 Å². The number of rotatable bonds is 1. The van der Waals surface area contributed by atoms with Crippen molar-refractivity contribution in [3.63, 3.8) is 0 Å². The number of H-pyrrole nitrogens is 2. The maximum absolute atomic E-state index is 12.5. The summed E-state index contributed by atoms with van der Waals surface area (Å²) in [5, 5.41) is 8.99. The Morgan fingerprint density at radius 1 is 1.12 bits per heavy atom. The average Bonchev–Trinajstić information content (AvgIpc) is 3.16. The molecule has 122 valence electrons. The summed E-state index contributed by atoms with van der Waals surface area (Å²) < 4.78 is 6.57. The molecule has 7 heteroatoms. The van der Waals surface area contributed by atoms with Gasteiger partial charge in [0, 0.05) is 26.5 Å². The minimum absolute atomic E-state index is 0.234. The third-order valence-electron chi connectivity index (χ3n) is 4.30. The number of aryl methyl sites for hydroxylation is 1. The van der Waals surface area contributed by atoms with Crippen molar-refractivity contribution in [2.75, 3.05) is 0 Å². The van der Waals surface area contributed by atoms with Gasteiger partial charge in [0.25, 0.3) is 5.56 Å². The highest BCUT2D eigenvalue weighted by molar-refractivity contribution is 9.10. The summed E-state index contributed by atoms with van der Waals surface area (Å²) in [6, 6.07) is 11.4. The molecular formula is C18H11BrN4O2. The monoisotopic (exact) mass is 394 g/mol. The molecule has 0 aliphatic carbocycles. The Morgan fingerprint density at radius 3 is 2.88 bits per heavy atom. The normalized spacial score (nSPS) is 11.8. The lowest BCUT2D eigenvalue weighted by Gasteiger charge is -2.01. The molecule has 0 aliphatic rings. The predicted molar refractivity (Wildman–Crippen MR) is 99.7 cm³/mol. The van der Waals surface area contributed by atoms with Crippen LogP contribution in [0.4, 0.5) is 0 Å². The van der Waals surface area contributed by atoms with E-state index in [1.54, 1.807) is 0 Å². The van der Waals surface area contributed by atoms with Crippen LogP contribution in [0.1, 0.15) is 5.69 Å². The Morgan fingerprint density at radius 2 is 2.00 bits per heavy atom. The molecule has 2 aromatic carbocycles. The predicted octanol–water partition coefficient (Wildman–Crippen LogP) is 4.28. The SMILES string of the molecule is Cc1[nH]nc2ccc(-c3nc4c(oc5ccc(Br)cc54)c(=O)[nH]3)cc12. The summed E-state index contributed by atoms with van der Waals surface area (Å²) in [6.45, 7) is 1.96. The summed E-state index contributed by atoms with van der Waals surface area (Å²) in [7, 11) is 0. The van der Waals surface area contributed by atoms with Crippen LogP contribution in [0.2, 0.25) is 0 Å². The quantitative estimate of drug-likeness (QED) is 0.444. The number of furan rings is 1. The second-order valence-electron chi connectivity index (χ2n) is 5.92. The summed E-state index contributed by atoms with van der Waals surface area (Å²) in [5.41, 5.74) is 3.79. The molecule has 5 aromatic rings. The highest BCUT2D eigenvalue weighted by Gasteiger charge is 2.15. The van der Waals surface area contributed by atoms with Crippen LogP contribution >= 0.6 is 15.9 Å². The van der Waals surface area contributed by atoms with Crippen molar-refractivity contribution < 1.29 is 4.42 Å². The summed E-state index contributed by atoms with van der Waals surface area (Å²) >= 11 is 3.45. The van der Waals surface area contributed by atoms with Crippen molar-refractivity contribution in [1.29, 1.82) is 0 Å². The van der Waals surface area contributed by atoms with Crippen molar-refractivity contribution in [2.45, 2.75) is 6.92 Å². The molecule has 0 saturated heterocycles. The van der Waals surface area contributed by atoms with E-state index in [2.05, 4.69) is 36.1 Å². The van der Waals surface area contributed by atoms with Gasteiger partial charge >= 0.3 is 0 Å². The van der Waals surface area contributed by atoms with Gasteiger partial charge in [-0.1, -0.05) is 15.9 Å². The van der Waals surface area contributed by atoms with E-state index in [-0.39, 0.29) is 11.1 Å². The first-order valence-electron chi connectivity index (χ1n) is 7.67. The highest BCUT2D eigenvalue weighted by atomic mass is 79.9. The lowest BCUT2D eigenvalue weighted by molar-refractivity contribution is 0.661. The van der Waals surface area contributed by atoms with E-state index in [1.807, 2.05) is 43.3 Å². The highest BCUT2D eigenvalue weighted by Crippen LogP contribution is 2.29. The van der Waals surface area contributed by atoms with Crippen LogP contribution in [0.3, 0.4) is 0 Å². The number of benzene rings is 2. The van der Waals surface area contributed by atoms with Crippen molar-refractivity contribution in [2.24, 2.45) is 0 Å². The Balaban J connectivity index is 1.83. The molecule has 0 unspecified atom stereocenters. The number of hydrogen-bond donors (Lipinski definition) is 2. The minimum Gasteiger partial charge on any atom is -0.449 e. The largest absolute Gasteiger partial charge is 0.449 e. The van der Waals surface area contributed by atoms with Gasteiger partial charge in [0.1, 0.15) is 16.9 Å². The van der Waals surface area contributed by atoms with Crippen molar-refractivity contribution in [3.05, 3.63) is 56.9 Å². The molecule has 0 saturated carbocycles. The van der Waals surface area contributed by atoms with Gasteiger partial charge in [-0.2, -0.15) is 5.10 Å². The van der Waals surface area contributed by atoms with Gasteiger partial charge in [-0.15, -0.1) is 0 Å². The Hall–Kier alpha value is -2.93. The zero-order valence-corrected chi connectivity index (χ0v) is 14.6. The molecule has 0 spiro atoms. The summed E-state index contributed by atoms with van der Waals surface area (Å²) in [6.07, 6.45) is 0. The first kappa shape index (κ1) is 14.4. The van der Waals surface area contributed by atoms with Gasteiger partial charge in [-0.3, -0.25) is 9.89 Å². The van der Waals surface area contributed by atoms with Crippen LogP contribution < -0.4 is 5.56 Å². The fourth-order valence-corrected chi connectivity index (χ4v) is 3.41. The molecule has 0 aliphatic heterocycles. The minimum atomic E-state index is -0.295. The van der Waals surface area contributed by atoms with Gasteiger partial charge in [0.05, 0.1) is 5.52 Å². The van der Waals surface area contributed by atoms with Crippen molar-refractivity contribution in [3.8, 4) is 11.4 Å². The zero-order valence-electron chi connectivity index (χ0n) is 13.1. The third kappa shape index (κ3) is 2.12. The maximum Gasteiger partial charge on any atom is 0.294 e. The molecule has 3 heterocycles. The Labute approximate surface area is 149 Å². The summed E-state index contributed by atoms with van der Waals surface area (Å²) in [5.74, 6) is 0.502. The molecule has 0 amide bonds. The van der Waals surface area contributed by atoms with Crippen molar-refractivity contribution >= 4 is 48.9 Å². The first-order valence-corrected chi connectivity index (χ1v) is 8.46. The molecule has 3 aromatic heterocycles. The van der Waals surface area contributed by atoms with Crippen molar-refractivity contribution in [1.82, 2.24) is 20.2 Å². The van der Waals surface area contributed by atoms with E-state index < -0.39 is 0 Å². The van der Waals surface area contributed by atoms with Gasteiger partial charge in [-0.25, -0.2) is 4.98 Å². The van der Waals surface area contributed by atoms with E-state index >= 15 is 0 Å². The van der Waals surface area contributed by atoms with Gasteiger partial charge < -0.3 is 9.40 Å². The Kier molecular flexibility index (Phi) is 2.90. The number of nitrogens with zero attached hydrogens (tertiary/aromatic N) is 2. The van der Waals surface area contributed by atoms with Crippen LogP contribution in [-0.4, -0.2) is 20.2 Å². The van der Waals surface area contributed by atoms with Crippen LogP contribution in [0.5, 0.6) is 0 Å². The Bertz CT molecular complexity index is 1350. The standard InChI is InChI=1S/C18H11BrN4O2/c1-8-11-6-9(2-4-13(11)23-22-8)17-20-15-12-7-10(19)3-5-14(12)25-16(15)18(24)21-17/h2-7H,1H3,(H,22,23)(H,20,21,24).